The molecule has 2 aliphatic heterocycles. The maximum Gasteiger partial charge on any atom is 0.268 e. The van der Waals surface area contributed by atoms with E-state index in [1.165, 1.54) is 24.3 Å². The van der Waals surface area contributed by atoms with Crippen molar-refractivity contribution in [3.63, 3.8) is 0 Å². The van der Waals surface area contributed by atoms with Crippen LogP contribution in [-0.2, 0) is 15.5 Å². The highest BCUT2D eigenvalue weighted by atomic mass is 35.5. The quantitative estimate of drug-likeness (QED) is 0.618. The second-order valence-corrected chi connectivity index (χ2v) is 6.36. The maximum absolute atomic E-state index is 14.9. The molecule has 96 valence electrons. The van der Waals surface area contributed by atoms with Crippen LogP contribution in [0.5, 0.6) is 0 Å². The summed E-state index contributed by atoms with van der Waals surface area (Å²) in [7, 11) is -2.24. The Balaban J connectivity index is 2.06. The second-order valence-electron chi connectivity index (χ2n) is 4.21. The van der Waals surface area contributed by atoms with Crippen LogP contribution in [0, 0.1) is 0 Å². The maximum atomic E-state index is 14.9. The average molecular weight is 291 g/mol. The summed E-state index contributed by atoms with van der Waals surface area (Å²) in [5.74, 6) is 0. The highest BCUT2D eigenvalue weighted by molar-refractivity contribution is 7.86. The van der Waals surface area contributed by atoms with Gasteiger partial charge in [0.15, 0.2) is 0 Å². The van der Waals surface area contributed by atoms with Gasteiger partial charge in [0.25, 0.3) is 10.1 Å². The van der Waals surface area contributed by atoms with Crippen LogP contribution < -0.4 is 0 Å². The first-order chi connectivity index (χ1) is 8.48. The van der Waals surface area contributed by atoms with Gasteiger partial charge >= 0.3 is 0 Å². The number of halogens is 3. The Morgan fingerprint density at radius 2 is 1.78 bits per heavy atom. The zero-order chi connectivity index (χ0) is 13.0. The smallest absolute Gasteiger partial charge is 0.268 e. The van der Waals surface area contributed by atoms with E-state index in [4.69, 9.17) is 16.3 Å². The van der Waals surface area contributed by atoms with Gasteiger partial charge in [-0.2, -0.15) is 0 Å². The van der Waals surface area contributed by atoms with Gasteiger partial charge in [-0.1, -0.05) is 42.0 Å². The molecular weight excluding hydrogens is 282 g/mol. The van der Waals surface area contributed by atoms with E-state index < -0.39 is 33.1 Å². The SMILES string of the molecule is O=S(c1ccccc1)C1(F)C2C=CC(O2)C1(F)Cl. The summed E-state index contributed by atoms with van der Waals surface area (Å²) in [6.45, 7) is 0. The zero-order valence-corrected chi connectivity index (χ0v) is 10.6. The molecule has 1 aromatic rings. The molecule has 2 bridgehead atoms. The van der Waals surface area contributed by atoms with Gasteiger partial charge in [-0.25, -0.2) is 8.78 Å². The Bertz CT molecular complexity index is 534. The highest BCUT2D eigenvalue weighted by Gasteiger charge is 2.73. The summed E-state index contributed by atoms with van der Waals surface area (Å²) in [6, 6.07) is 7.86. The molecular formula is C12H9ClF2O2S. The normalized spacial score (nSPS) is 43.3. The molecule has 0 N–H and O–H groups in total. The lowest BCUT2D eigenvalue weighted by molar-refractivity contribution is 0.0868. The number of fused-ring (bicyclic) bond motifs is 2. The highest BCUT2D eigenvalue weighted by Crippen LogP contribution is 2.55. The van der Waals surface area contributed by atoms with Crippen LogP contribution >= 0.6 is 11.6 Å². The van der Waals surface area contributed by atoms with E-state index in [-0.39, 0.29) is 4.90 Å². The standard InChI is InChI=1S/C12H9ClF2O2S/c13-11(14)9-6-7-10(17-9)12(11,15)18(16)8-4-2-1-3-5-8/h1-7,9-10H. The molecule has 0 spiro atoms. The molecule has 18 heavy (non-hydrogen) atoms. The molecule has 5 unspecified atom stereocenters. The minimum absolute atomic E-state index is 0.187. The van der Waals surface area contributed by atoms with Crippen LogP contribution in [0.2, 0.25) is 0 Å². The Morgan fingerprint density at radius 3 is 2.33 bits per heavy atom. The third-order valence-corrected chi connectivity index (χ3v) is 5.53. The Hall–Kier alpha value is -0.780. The summed E-state index contributed by atoms with van der Waals surface area (Å²) in [6.07, 6.45) is 0.316. The van der Waals surface area contributed by atoms with E-state index in [1.54, 1.807) is 18.2 Å². The van der Waals surface area contributed by atoms with Crippen molar-refractivity contribution >= 4 is 22.4 Å². The fraction of sp³-hybridized carbons (Fsp3) is 0.333. The van der Waals surface area contributed by atoms with Crippen molar-refractivity contribution in [2.75, 3.05) is 0 Å². The molecule has 0 radical (unpaired) electrons. The number of ether oxygens (including phenoxy) is 1. The van der Waals surface area contributed by atoms with Gasteiger partial charge in [-0.05, 0) is 12.1 Å². The van der Waals surface area contributed by atoms with E-state index in [0.717, 1.165) is 0 Å². The molecule has 1 aromatic carbocycles. The van der Waals surface area contributed by atoms with Gasteiger partial charge in [-0.15, -0.1) is 0 Å². The van der Waals surface area contributed by atoms with Gasteiger partial charge in [-0.3, -0.25) is 4.21 Å². The largest absolute Gasteiger partial charge is 0.357 e. The Kier molecular flexibility index (Phi) is 2.63. The Labute approximate surface area is 110 Å². The number of alkyl halides is 3. The van der Waals surface area contributed by atoms with E-state index in [0.29, 0.717) is 0 Å². The van der Waals surface area contributed by atoms with Crippen LogP contribution in [0.15, 0.2) is 47.4 Å². The predicted octanol–water partition coefficient (Wildman–Crippen LogP) is 2.70. The van der Waals surface area contributed by atoms with Crippen molar-refractivity contribution in [3.8, 4) is 0 Å². The van der Waals surface area contributed by atoms with Crippen LogP contribution in [0.4, 0.5) is 8.78 Å². The molecule has 1 fully saturated rings. The summed E-state index contributed by atoms with van der Waals surface area (Å²) in [5, 5.41) is -5.58. The van der Waals surface area contributed by atoms with E-state index in [2.05, 4.69) is 0 Å². The molecule has 2 nitrogen and oxygen atoms in total. The molecule has 0 aromatic heterocycles. The monoisotopic (exact) mass is 290 g/mol. The summed E-state index contributed by atoms with van der Waals surface area (Å²) < 4.78 is 46.5. The molecule has 2 aliphatic rings. The first-order valence-electron chi connectivity index (χ1n) is 5.35. The summed E-state index contributed by atoms with van der Waals surface area (Å²) >= 11 is 5.61. The summed E-state index contributed by atoms with van der Waals surface area (Å²) in [5.41, 5.74) is 0. The van der Waals surface area contributed by atoms with Crippen LogP contribution in [0.25, 0.3) is 0 Å². The van der Waals surface area contributed by atoms with Crippen molar-refractivity contribution in [2.24, 2.45) is 0 Å². The Morgan fingerprint density at radius 1 is 1.17 bits per heavy atom. The minimum Gasteiger partial charge on any atom is -0.357 e. The topological polar surface area (TPSA) is 26.3 Å². The molecule has 3 rings (SSSR count). The first kappa shape index (κ1) is 12.3. The van der Waals surface area contributed by atoms with Crippen LogP contribution in [-0.4, -0.2) is 26.5 Å². The van der Waals surface area contributed by atoms with Crippen molar-refractivity contribution < 1.29 is 17.7 Å². The fourth-order valence-electron chi connectivity index (χ4n) is 2.20. The second kappa shape index (κ2) is 3.85. The molecule has 1 saturated heterocycles. The predicted molar refractivity (Wildman–Crippen MR) is 64.2 cm³/mol. The minimum atomic E-state index is -2.81. The van der Waals surface area contributed by atoms with E-state index in [1.807, 2.05) is 0 Å². The number of hydrogen-bond donors (Lipinski definition) is 0. The van der Waals surface area contributed by atoms with Crippen LogP contribution in [0.3, 0.4) is 0 Å². The van der Waals surface area contributed by atoms with Crippen LogP contribution in [0.1, 0.15) is 0 Å². The van der Waals surface area contributed by atoms with Crippen molar-refractivity contribution in [3.05, 3.63) is 42.5 Å². The number of rotatable bonds is 2. The van der Waals surface area contributed by atoms with Gasteiger partial charge in [0.2, 0.25) is 0 Å². The molecule has 2 heterocycles. The van der Waals surface area contributed by atoms with E-state index >= 15 is 0 Å². The van der Waals surface area contributed by atoms with Crippen molar-refractivity contribution in [1.29, 1.82) is 0 Å². The third kappa shape index (κ3) is 1.38. The molecule has 6 heteroatoms. The van der Waals surface area contributed by atoms with Gasteiger partial charge in [0.1, 0.15) is 12.2 Å². The van der Waals surface area contributed by atoms with Gasteiger partial charge in [0.05, 0.1) is 10.8 Å². The van der Waals surface area contributed by atoms with Gasteiger partial charge < -0.3 is 4.74 Å². The van der Waals surface area contributed by atoms with E-state index in [9.17, 15) is 13.0 Å². The molecule has 0 amide bonds. The fourth-order valence-corrected chi connectivity index (χ4v) is 4.09. The third-order valence-electron chi connectivity index (χ3n) is 3.16. The first-order valence-corrected chi connectivity index (χ1v) is 6.88. The van der Waals surface area contributed by atoms with Crippen molar-refractivity contribution in [1.82, 2.24) is 0 Å². The lowest BCUT2D eigenvalue weighted by Gasteiger charge is -2.31. The molecule has 0 aliphatic carbocycles. The lowest BCUT2D eigenvalue weighted by Crippen LogP contribution is -2.53. The average Bonchev–Trinajstić information content (AvgIpc) is 2.93. The number of hydrogen-bond acceptors (Lipinski definition) is 2. The number of benzene rings is 1. The molecule has 0 saturated carbocycles. The van der Waals surface area contributed by atoms with Crippen molar-refractivity contribution in [2.45, 2.75) is 27.2 Å². The molecule has 5 atom stereocenters. The zero-order valence-electron chi connectivity index (χ0n) is 9.05. The lowest BCUT2D eigenvalue weighted by atomic mass is 10.0. The summed E-state index contributed by atoms with van der Waals surface area (Å²) in [4.78, 5) is 0.187. The van der Waals surface area contributed by atoms with Gasteiger partial charge in [0, 0.05) is 4.90 Å².